The second kappa shape index (κ2) is 5.54. The minimum atomic E-state index is -4.62. The maximum Gasteiger partial charge on any atom is 0.453 e. The molecular weight excluding hydrogens is 299 g/mol. The van der Waals surface area contributed by atoms with Crippen molar-refractivity contribution in [1.29, 1.82) is 0 Å². The van der Waals surface area contributed by atoms with Gasteiger partial charge in [-0.15, -0.1) is 5.10 Å². The molecule has 0 aliphatic heterocycles. The number of hydrogen-bond donors (Lipinski definition) is 0. The Morgan fingerprint density at radius 1 is 1.23 bits per heavy atom. The zero-order valence-corrected chi connectivity index (χ0v) is 12.7. The van der Waals surface area contributed by atoms with Crippen LogP contribution in [0, 0.1) is 13.8 Å². The van der Waals surface area contributed by atoms with Crippen molar-refractivity contribution in [2.75, 3.05) is 14.1 Å². The highest BCUT2D eigenvalue weighted by Crippen LogP contribution is 2.27. The van der Waals surface area contributed by atoms with E-state index >= 15 is 0 Å². The lowest BCUT2D eigenvalue weighted by Crippen LogP contribution is -2.22. The second-order valence-electron chi connectivity index (χ2n) is 5.19. The molecule has 9 heteroatoms. The predicted octanol–water partition coefficient (Wildman–Crippen LogP) is 1.78. The molecule has 0 fully saturated rings. The highest BCUT2D eigenvalue weighted by Gasteiger charge is 2.36. The molecule has 0 spiro atoms. The van der Waals surface area contributed by atoms with Crippen LogP contribution in [0.5, 0.6) is 0 Å². The van der Waals surface area contributed by atoms with Gasteiger partial charge in [-0.3, -0.25) is 4.79 Å². The van der Waals surface area contributed by atoms with Crippen molar-refractivity contribution in [3.63, 3.8) is 0 Å². The number of carbonyl (C=O) groups is 1. The fourth-order valence-corrected chi connectivity index (χ4v) is 2.15. The first-order chi connectivity index (χ1) is 10.1. The first-order valence-electron chi connectivity index (χ1n) is 6.61. The summed E-state index contributed by atoms with van der Waals surface area (Å²) < 4.78 is 39.1. The maximum atomic E-state index is 12.7. The van der Waals surface area contributed by atoms with Crippen LogP contribution in [0.2, 0.25) is 0 Å². The summed E-state index contributed by atoms with van der Waals surface area (Å²) in [5.41, 5.74) is 1.77. The molecule has 120 valence electrons. The Hall–Kier alpha value is -2.19. The van der Waals surface area contributed by atoms with E-state index in [1.165, 1.54) is 4.90 Å². The van der Waals surface area contributed by atoms with Gasteiger partial charge in [0.05, 0.1) is 0 Å². The van der Waals surface area contributed by atoms with Gasteiger partial charge in [0, 0.05) is 31.9 Å². The Bertz CT molecular complexity index is 721. The number of alkyl halides is 3. The van der Waals surface area contributed by atoms with Crippen LogP contribution < -0.4 is 0 Å². The van der Waals surface area contributed by atoms with Crippen molar-refractivity contribution < 1.29 is 18.0 Å². The number of amides is 1. The number of nitrogens with zero attached hydrogens (tertiary/aromatic N) is 5. The molecule has 2 heterocycles. The van der Waals surface area contributed by atoms with Gasteiger partial charge in [-0.25, -0.2) is 9.50 Å². The molecule has 0 aromatic carbocycles. The zero-order valence-electron chi connectivity index (χ0n) is 12.7. The molecule has 2 aromatic rings. The largest absolute Gasteiger partial charge is 0.453 e. The Morgan fingerprint density at radius 2 is 1.86 bits per heavy atom. The summed E-state index contributed by atoms with van der Waals surface area (Å²) >= 11 is 0. The summed E-state index contributed by atoms with van der Waals surface area (Å²) in [4.78, 5) is 20.6. The average molecular weight is 315 g/mol. The van der Waals surface area contributed by atoms with Gasteiger partial charge in [0.25, 0.3) is 11.6 Å². The van der Waals surface area contributed by atoms with Gasteiger partial charge in [-0.05, 0) is 25.8 Å². The van der Waals surface area contributed by atoms with Crippen LogP contribution in [-0.2, 0) is 17.4 Å². The van der Waals surface area contributed by atoms with E-state index in [0.29, 0.717) is 23.4 Å². The molecule has 0 unspecified atom stereocenters. The number of fused-ring (bicyclic) bond motifs is 1. The summed E-state index contributed by atoms with van der Waals surface area (Å²) in [5, 5.41) is 3.47. The number of halogens is 3. The summed E-state index contributed by atoms with van der Waals surface area (Å²) in [5.74, 6) is -1.37. The maximum absolute atomic E-state index is 12.7. The van der Waals surface area contributed by atoms with E-state index in [9.17, 15) is 18.0 Å². The minimum Gasteiger partial charge on any atom is -0.349 e. The van der Waals surface area contributed by atoms with Crippen molar-refractivity contribution in [3.8, 4) is 0 Å². The quantitative estimate of drug-likeness (QED) is 0.866. The number of aromatic nitrogens is 4. The zero-order chi connectivity index (χ0) is 16.7. The summed E-state index contributed by atoms with van der Waals surface area (Å²) in [6.45, 7) is 3.33. The van der Waals surface area contributed by atoms with Gasteiger partial charge < -0.3 is 4.90 Å². The van der Waals surface area contributed by atoms with Crippen molar-refractivity contribution in [2.45, 2.75) is 32.9 Å². The van der Waals surface area contributed by atoms with Crippen molar-refractivity contribution in [1.82, 2.24) is 24.5 Å². The standard InChI is InChI=1S/C13H16F3N5O/c1-7-9(5-6-10(22)20(3)4)8(2)21-12(17-7)18-11(19-21)13(14,15)16/h5-6H2,1-4H3. The van der Waals surface area contributed by atoms with E-state index in [1.54, 1.807) is 27.9 Å². The van der Waals surface area contributed by atoms with Crippen LogP contribution in [0.15, 0.2) is 0 Å². The molecular formula is C13H16F3N5O. The first-order valence-corrected chi connectivity index (χ1v) is 6.61. The molecule has 2 rings (SSSR count). The molecule has 1 amide bonds. The lowest BCUT2D eigenvalue weighted by atomic mass is 10.1. The number of aryl methyl sites for hydroxylation is 2. The molecule has 0 aliphatic rings. The second-order valence-corrected chi connectivity index (χ2v) is 5.19. The molecule has 0 atom stereocenters. The SMILES string of the molecule is Cc1nc2nc(C(F)(F)F)nn2c(C)c1CCC(=O)N(C)C. The number of carbonyl (C=O) groups excluding carboxylic acids is 1. The molecule has 22 heavy (non-hydrogen) atoms. The Balaban J connectivity index is 2.42. The van der Waals surface area contributed by atoms with E-state index < -0.39 is 12.0 Å². The smallest absolute Gasteiger partial charge is 0.349 e. The Morgan fingerprint density at radius 3 is 2.41 bits per heavy atom. The summed E-state index contributed by atoms with van der Waals surface area (Å²) in [7, 11) is 3.30. The highest BCUT2D eigenvalue weighted by atomic mass is 19.4. The molecule has 2 aromatic heterocycles. The van der Waals surface area contributed by atoms with Gasteiger partial charge in [0.1, 0.15) is 0 Å². The third-order valence-corrected chi connectivity index (χ3v) is 3.39. The van der Waals surface area contributed by atoms with Gasteiger partial charge in [-0.1, -0.05) is 0 Å². The van der Waals surface area contributed by atoms with E-state index in [1.807, 2.05) is 0 Å². The summed E-state index contributed by atoms with van der Waals surface area (Å²) in [6.07, 6.45) is -3.98. The van der Waals surface area contributed by atoms with Crippen molar-refractivity contribution in [3.05, 3.63) is 22.8 Å². The van der Waals surface area contributed by atoms with E-state index in [0.717, 1.165) is 4.52 Å². The van der Waals surface area contributed by atoms with Gasteiger partial charge >= 0.3 is 6.18 Å². The van der Waals surface area contributed by atoms with Crippen LogP contribution in [0.1, 0.15) is 29.2 Å². The lowest BCUT2D eigenvalue weighted by Gasteiger charge is -2.12. The number of hydrogen-bond acceptors (Lipinski definition) is 4. The Kier molecular flexibility index (Phi) is 4.08. The molecule has 0 aliphatic carbocycles. The predicted molar refractivity (Wildman–Crippen MR) is 72.3 cm³/mol. The first kappa shape index (κ1) is 16.2. The molecule has 0 saturated heterocycles. The fraction of sp³-hybridized carbons (Fsp3) is 0.538. The van der Waals surface area contributed by atoms with Crippen LogP contribution in [-0.4, -0.2) is 44.5 Å². The van der Waals surface area contributed by atoms with Gasteiger partial charge in [0.15, 0.2) is 0 Å². The topological polar surface area (TPSA) is 63.4 Å². The number of rotatable bonds is 3. The lowest BCUT2D eigenvalue weighted by molar-refractivity contribution is -0.144. The van der Waals surface area contributed by atoms with Crippen LogP contribution >= 0.6 is 0 Å². The van der Waals surface area contributed by atoms with Crippen LogP contribution in [0.3, 0.4) is 0 Å². The van der Waals surface area contributed by atoms with Crippen LogP contribution in [0.25, 0.3) is 5.78 Å². The van der Waals surface area contributed by atoms with Crippen molar-refractivity contribution >= 4 is 11.7 Å². The average Bonchev–Trinajstić information content (AvgIpc) is 2.81. The van der Waals surface area contributed by atoms with Gasteiger partial charge in [0.2, 0.25) is 5.91 Å². The van der Waals surface area contributed by atoms with E-state index in [-0.39, 0.29) is 18.1 Å². The van der Waals surface area contributed by atoms with E-state index in [4.69, 9.17) is 0 Å². The van der Waals surface area contributed by atoms with Gasteiger partial charge in [-0.2, -0.15) is 18.2 Å². The third kappa shape index (κ3) is 3.02. The molecule has 0 N–H and O–H groups in total. The third-order valence-electron chi connectivity index (χ3n) is 3.39. The normalized spacial score (nSPS) is 12.0. The fourth-order valence-electron chi connectivity index (χ4n) is 2.15. The highest BCUT2D eigenvalue weighted by molar-refractivity contribution is 5.75. The van der Waals surface area contributed by atoms with Crippen LogP contribution in [0.4, 0.5) is 13.2 Å². The minimum absolute atomic E-state index is 0.0616. The monoisotopic (exact) mass is 315 g/mol. The molecule has 0 saturated carbocycles. The van der Waals surface area contributed by atoms with E-state index in [2.05, 4.69) is 15.1 Å². The Labute approximate surface area is 125 Å². The summed E-state index contributed by atoms with van der Waals surface area (Å²) in [6, 6.07) is 0. The molecule has 0 radical (unpaired) electrons. The van der Waals surface area contributed by atoms with Crippen molar-refractivity contribution in [2.24, 2.45) is 0 Å². The molecule has 6 nitrogen and oxygen atoms in total. The molecule has 0 bridgehead atoms.